The highest BCUT2D eigenvalue weighted by Gasteiger charge is 2.30. The number of sulfonamides is 1. The first-order valence-electron chi connectivity index (χ1n) is 9.86. The van der Waals surface area contributed by atoms with Crippen molar-refractivity contribution in [1.29, 1.82) is 0 Å². The van der Waals surface area contributed by atoms with Crippen molar-refractivity contribution in [3.05, 3.63) is 95.1 Å². The van der Waals surface area contributed by atoms with Crippen LogP contribution < -0.4 is 0 Å². The summed E-state index contributed by atoms with van der Waals surface area (Å²) in [7, 11) is -2.81. The monoisotopic (exact) mass is 474 g/mol. The molecule has 0 aliphatic carbocycles. The lowest BCUT2D eigenvalue weighted by atomic mass is 10.1. The van der Waals surface area contributed by atoms with E-state index in [1.54, 1.807) is 36.4 Å². The average Bonchev–Trinajstić information content (AvgIpc) is 2.78. The molecule has 0 radical (unpaired) electrons. The molecule has 1 amide bonds. The van der Waals surface area contributed by atoms with Crippen LogP contribution in [0, 0.1) is 6.92 Å². The number of carbonyl (C=O) groups excluding carboxylic acids is 1. The Balaban J connectivity index is 1.78. The smallest absolute Gasteiger partial charge is 0.273 e. The van der Waals surface area contributed by atoms with Gasteiger partial charge in [-0.25, -0.2) is 12.7 Å². The third kappa shape index (κ3) is 5.87. The molecule has 0 heterocycles. The van der Waals surface area contributed by atoms with E-state index in [4.69, 9.17) is 0 Å². The zero-order valence-corrected chi connectivity index (χ0v) is 18.7. The van der Waals surface area contributed by atoms with Gasteiger partial charge in [-0.15, -0.1) is 0 Å². The van der Waals surface area contributed by atoms with Gasteiger partial charge in [0.25, 0.3) is 10.0 Å². The van der Waals surface area contributed by atoms with Gasteiger partial charge in [-0.2, -0.15) is 13.2 Å². The van der Waals surface area contributed by atoms with Gasteiger partial charge >= 0.3 is 6.18 Å². The van der Waals surface area contributed by atoms with Crippen molar-refractivity contribution < 1.29 is 26.4 Å². The standard InChI is InChI=1S/C24H21F3N2O3S/c1-17-7-13-21(14-8-17)33(31,32)29(2)23(30)15-19-5-3-4-6-22(19)28-16-18-9-11-20(12-10-18)24(25,26)27/h3-14,16H,15H2,1-2H3. The fourth-order valence-corrected chi connectivity index (χ4v) is 4.09. The minimum atomic E-state index is -4.42. The number of nitrogens with zero attached hydrogens (tertiary/aromatic N) is 2. The molecule has 0 saturated heterocycles. The number of benzene rings is 3. The Morgan fingerprint density at radius 1 is 0.970 bits per heavy atom. The van der Waals surface area contributed by atoms with E-state index in [0.717, 1.165) is 17.7 Å². The molecule has 0 aliphatic heterocycles. The summed E-state index contributed by atoms with van der Waals surface area (Å²) >= 11 is 0. The highest BCUT2D eigenvalue weighted by Crippen LogP contribution is 2.29. The van der Waals surface area contributed by atoms with Crippen molar-refractivity contribution in [3.8, 4) is 0 Å². The zero-order chi connectivity index (χ0) is 24.2. The van der Waals surface area contributed by atoms with Crippen LogP contribution in [0.25, 0.3) is 0 Å². The van der Waals surface area contributed by atoms with E-state index in [0.29, 0.717) is 21.1 Å². The summed E-state index contributed by atoms with van der Waals surface area (Å²) in [4.78, 5) is 17.0. The fourth-order valence-electron chi connectivity index (χ4n) is 2.97. The van der Waals surface area contributed by atoms with Crippen molar-refractivity contribution in [2.24, 2.45) is 4.99 Å². The molecule has 0 saturated carbocycles. The second-order valence-electron chi connectivity index (χ2n) is 7.36. The van der Waals surface area contributed by atoms with Crippen molar-refractivity contribution in [2.45, 2.75) is 24.4 Å². The number of rotatable bonds is 6. The number of halogens is 3. The molecular weight excluding hydrogens is 453 g/mol. The maximum atomic E-state index is 12.8. The predicted octanol–water partition coefficient (Wildman–Crippen LogP) is 5.15. The number of hydrogen-bond acceptors (Lipinski definition) is 4. The molecule has 0 aromatic heterocycles. The topological polar surface area (TPSA) is 66.8 Å². The summed E-state index contributed by atoms with van der Waals surface area (Å²) in [5.41, 5.74) is 1.47. The molecule has 0 aliphatic rings. The van der Waals surface area contributed by atoms with Crippen LogP contribution in [0.15, 0.2) is 82.7 Å². The molecule has 0 bridgehead atoms. The summed E-state index contributed by atoms with van der Waals surface area (Å²) in [6.45, 7) is 1.83. The minimum absolute atomic E-state index is 0.0116. The summed E-state index contributed by atoms with van der Waals surface area (Å²) in [6.07, 6.45) is -3.26. The van der Waals surface area contributed by atoms with E-state index < -0.39 is 27.7 Å². The Bertz CT molecular complexity index is 1270. The lowest BCUT2D eigenvalue weighted by molar-refractivity contribution is -0.137. The normalized spacial score (nSPS) is 12.2. The van der Waals surface area contributed by atoms with E-state index in [2.05, 4.69) is 4.99 Å². The molecule has 0 fully saturated rings. The number of alkyl halides is 3. The summed E-state index contributed by atoms with van der Waals surface area (Å²) in [5, 5.41) is 0. The van der Waals surface area contributed by atoms with Crippen LogP contribution in [-0.2, 0) is 27.4 Å². The van der Waals surface area contributed by atoms with Gasteiger partial charge in [-0.1, -0.05) is 48.0 Å². The van der Waals surface area contributed by atoms with Gasteiger partial charge in [0, 0.05) is 13.3 Å². The number of aryl methyl sites for hydroxylation is 1. The van der Waals surface area contributed by atoms with Gasteiger partial charge in [-0.3, -0.25) is 9.79 Å². The molecular formula is C24H21F3N2O3S. The molecule has 5 nitrogen and oxygen atoms in total. The lowest BCUT2D eigenvalue weighted by Gasteiger charge is -2.18. The van der Waals surface area contributed by atoms with E-state index in [9.17, 15) is 26.4 Å². The Kier molecular flexibility index (Phi) is 7.02. The molecule has 9 heteroatoms. The van der Waals surface area contributed by atoms with Gasteiger partial charge < -0.3 is 0 Å². The van der Waals surface area contributed by atoms with Crippen LogP contribution in [0.1, 0.15) is 22.3 Å². The molecule has 33 heavy (non-hydrogen) atoms. The van der Waals surface area contributed by atoms with E-state index >= 15 is 0 Å². The number of amides is 1. The first-order valence-corrected chi connectivity index (χ1v) is 11.3. The lowest BCUT2D eigenvalue weighted by Crippen LogP contribution is -2.34. The van der Waals surface area contributed by atoms with E-state index in [-0.39, 0.29) is 11.3 Å². The highest BCUT2D eigenvalue weighted by atomic mass is 32.2. The third-order valence-electron chi connectivity index (χ3n) is 4.95. The Hall–Kier alpha value is -3.46. The number of hydrogen-bond donors (Lipinski definition) is 0. The van der Waals surface area contributed by atoms with Crippen molar-refractivity contribution in [1.82, 2.24) is 4.31 Å². The molecule has 0 unspecified atom stereocenters. The summed E-state index contributed by atoms with van der Waals surface area (Å²) in [5.74, 6) is -0.646. The molecule has 0 atom stereocenters. The quantitative estimate of drug-likeness (QED) is 0.464. The molecule has 3 aromatic carbocycles. The van der Waals surface area contributed by atoms with Crippen LogP contribution in [0.5, 0.6) is 0 Å². The van der Waals surface area contributed by atoms with E-state index in [1.165, 1.54) is 37.5 Å². The van der Waals surface area contributed by atoms with Gasteiger partial charge in [0.05, 0.1) is 22.6 Å². The Morgan fingerprint density at radius 3 is 2.18 bits per heavy atom. The van der Waals surface area contributed by atoms with Gasteiger partial charge in [0.1, 0.15) is 0 Å². The maximum absolute atomic E-state index is 12.8. The second-order valence-corrected chi connectivity index (χ2v) is 9.33. The Morgan fingerprint density at radius 2 is 1.58 bits per heavy atom. The molecule has 172 valence electrons. The Labute approximate surface area is 190 Å². The second kappa shape index (κ2) is 9.58. The first kappa shape index (κ1) is 24.2. The van der Waals surface area contributed by atoms with Crippen molar-refractivity contribution >= 4 is 27.8 Å². The fraction of sp³-hybridized carbons (Fsp3) is 0.167. The number of para-hydroxylation sites is 1. The predicted molar refractivity (Wildman–Crippen MR) is 120 cm³/mol. The van der Waals surface area contributed by atoms with E-state index in [1.807, 2.05) is 6.92 Å². The number of aliphatic imine (C=N–C) groups is 1. The zero-order valence-electron chi connectivity index (χ0n) is 17.9. The van der Waals surface area contributed by atoms with Crippen LogP contribution in [-0.4, -0.2) is 31.9 Å². The van der Waals surface area contributed by atoms with Crippen LogP contribution in [0.3, 0.4) is 0 Å². The molecule has 3 rings (SSSR count). The maximum Gasteiger partial charge on any atom is 0.416 e. The SMILES string of the molecule is Cc1ccc(S(=O)(=O)N(C)C(=O)Cc2ccccc2N=Cc2ccc(C(F)(F)F)cc2)cc1. The van der Waals surface area contributed by atoms with Crippen LogP contribution in [0.4, 0.5) is 18.9 Å². The molecule has 3 aromatic rings. The number of likely N-dealkylation sites (N-methyl/N-ethyl adjacent to an activating group) is 1. The van der Waals surface area contributed by atoms with Gasteiger partial charge in [-0.05, 0) is 48.4 Å². The number of carbonyl (C=O) groups is 1. The largest absolute Gasteiger partial charge is 0.416 e. The van der Waals surface area contributed by atoms with Crippen LogP contribution in [0.2, 0.25) is 0 Å². The summed E-state index contributed by atoms with van der Waals surface area (Å²) in [6, 6.07) is 17.4. The third-order valence-corrected chi connectivity index (χ3v) is 6.75. The molecule has 0 spiro atoms. The van der Waals surface area contributed by atoms with Crippen molar-refractivity contribution in [2.75, 3.05) is 7.05 Å². The van der Waals surface area contributed by atoms with Gasteiger partial charge in [0.15, 0.2) is 0 Å². The summed E-state index contributed by atoms with van der Waals surface area (Å²) < 4.78 is 64.4. The molecule has 0 N–H and O–H groups in total. The average molecular weight is 475 g/mol. The highest BCUT2D eigenvalue weighted by molar-refractivity contribution is 7.89. The minimum Gasteiger partial charge on any atom is -0.273 e. The first-order chi connectivity index (χ1) is 15.5. The van der Waals surface area contributed by atoms with Crippen LogP contribution >= 0.6 is 0 Å². The van der Waals surface area contributed by atoms with Gasteiger partial charge in [0.2, 0.25) is 5.91 Å². The van der Waals surface area contributed by atoms with Crippen molar-refractivity contribution in [3.63, 3.8) is 0 Å².